The van der Waals surface area contributed by atoms with Gasteiger partial charge in [-0.3, -0.25) is 14.9 Å². The van der Waals surface area contributed by atoms with Crippen molar-refractivity contribution in [3.8, 4) is 0 Å². The number of hydrogen-bond acceptors (Lipinski definition) is 3. The predicted molar refractivity (Wildman–Crippen MR) is 82.1 cm³/mol. The third-order valence-electron chi connectivity index (χ3n) is 2.73. The van der Waals surface area contributed by atoms with E-state index in [4.69, 9.17) is 5.11 Å². The molecule has 0 saturated heterocycles. The Balaban J connectivity index is 2.47. The summed E-state index contributed by atoms with van der Waals surface area (Å²) < 4.78 is 0.923. The fourth-order valence-corrected chi connectivity index (χ4v) is 2.00. The van der Waals surface area contributed by atoms with Crippen molar-refractivity contribution >= 4 is 39.5 Å². The largest absolute Gasteiger partial charge is 0.481 e. The first-order valence-corrected chi connectivity index (χ1v) is 7.16. The molecule has 0 aliphatic carbocycles. The van der Waals surface area contributed by atoms with Gasteiger partial charge < -0.3 is 10.4 Å². The lowest BCUT2D eigenvalue weighted by atomic mass is 10.0. The summed E-state index contributed by atoms with van der Waals surface area (Å²) in [7, 11) is 0. The highest BCUT2D eigenvalue weighted by atomic mass is 79.9. The minimum atomic E-state index is -0.968. The number of imide groups is 1. The number of nitrogens with one attached hydrogen (secondary N) is 2. The Morgan fingerprint density at radius 2 is 1.95 bits per heavy atom. The van der Waals surface area contributed by atoms with Crippen molar-refractivity contribution in [1.82, 2.24) is 5.32 Å². The topological polar surface area (TPSA) is 95.5 Å². The van der Waals surface area contributed by atoms with Crippen molar-refractivity contribution in [1.29, 1.82) is 0 Å². The van der Waals surface area contributed by atoms with Gasteiger partial charge in [0.25, 0.3) is 0 Å². The molecule has 114 valence electrons. The van der Waals surface area contributed by atoms with E-state index in [1.54, 1.807) is 25.1 Å². The molecular weight excluding hydrogens is 340 g/mol. The van der Waals surface area contributed by atoms with Crippen LogP contribution >= 0.6 is 15.9 Å². The molecule has 21 heavy (non-hydrogen) atoms. The third kappa shape index (κ3) is 6.40. The molecule has 0 saturated carbocycles. The normalized spacial score (nSPS) is 11.6. The SMILES string of the molecule is Cc1cc(NC(=O)NC(=O)CC(C)CC(=O)O)ccc1Br. The van der Waals surface area contributed by atoms with E-state index in [9.17, 15) is 14.4 Å². The molecule has 1 atom stereocenters. The molecule has 0 heterocycles. The van der Waals surface area contributed by atoms with E-state index in [0.717, 1.165) is 10.0 Å². The van der Waals surface area contributed by atoms with Gasteiger partial charge in [0, 0.05) is 23.0 Å². The highest BCUT2D eigenvalue weighted by molar-refractivity contribution is 9.10. The maximum absolute atomic E-state index is 11.7. The number of carboxylic acids is 1. The van der Waals surface area contributed by atoms with Gasteiger partial charge in [-0.05, 0) is 36.6 Å². The van der Waals surface area contributed by atoms with Crippen LogP contribution in [0.15, 0.2) is 22.7 Å². The van der Waals surface area contributed by atoms with Crippen LogP contribution in [0.25, 0.3) is 0 Å². The van der Waals surface area contributed by atoms with Crippen LogP contribution in [0.1, 0.15) is 25.3 Å². The number of hydrogen-bond donors (Lipinski definition) is 3. The first kappa shape index (κ1) is 17.2. The molecule has 1 aromatic rings. The average molecular weight is 357 g/mol. The number of aliphatic carboxylic acids is 1. The second kappa shape index (κ2) is 7.78. The van der Waals surface area contributed by atoms with Crippen LogP contribution in [-0.2, 0) is 9.59 Å². The predicted octanol–water partition coefficient (Wildman–Crippen LogP) is 2.91. The molecule has 0 bridgehead atoms. The van der Waals surface area contributed by atoms with Gasteiger partial charge in [0.1, 0.15) is 0 Å². The molecule has 6 nitrogen and oxygen atoms in total. The number of anilines is 1. The molecule has 3 N–H and O–H groups in total. The summed E-state index contributed by atoms with van der Waals surface area (Å²) in [6.45, 7) is 3.52. The lowest BCUT2D eigenvalue weighted by Crippen LogP contribution is -2.35. The molecule has 1 rings (SSSR count). The van der Waals surface area contributed by atoms with E-state index in [-0.39, 0.29) is 18.8 Å². The molecule has 1 unspecified atom stereocenters. The number of urea groups is 1. The van der Waals surface area contributed by atoms with E-state index in [0.29, 0.717) is 5.69 Å². The van der Waals surface area contributed by atoms with E-state index < -0.39 is 17.9 Å². The molecule has 1 aromatic carbocycles. The number of halogens is 1. The molecule has 0 aliphatic heterocycles. The smallest absolute Gasteiger partial charge is 0.325 e. The van der Waals surface area contributed by atoms with Crippen molar-refractivity contribution < 1.29 is 19.5 Å². The Bertz CT molecular complexity index is 560. The van der Waals surface area contributed by atoms with Crippen molar-refractivity contribution in [2.24, 2.45) is 5.92 Å². The maximum atomic E-state index is 11.7. The van der Waals surface area contributed by atoms with Crippen LogP contribution in [-0.4, -0.2) is 23.0 Å². The third-order valence-corrected chi connectivity index (χ3v) is 3.62. The van der Waals surface area contributed by atoms with Crippen LogP contribution in [0, 0.1) is 12.8 Å². The highest BCUT2D eigenvalue weighted by Gasteiger charge is 2.14. The number of rotatable bonds is 5. The number of aryl methyl sites for hydroxylation is 1. The van der Waals surface area contributed by atoms with Gasteiger partial charge in [-0.25, -0.2) is 4.79 Å². The Kier molecular flexibility index (Phi) is 6.36. The maximum Gasteiger partial charge on any atom is 0.325 e. The molecule has 0 aromatic heterocycles. The number of amides is 3. The van der Waals surface area contributed by atoms with Crippen molar-refractivity contribution in [2.45, 2.75) is 26.7 Å². The highest BCUT2D eigenvalue weighted by Crippen LogP contribution is 2.19. The zero-order valence-corrected chi connectivity index (χ0v) is 13.4. The second-order valence-corrected chi connectivity index (χ2v) is 5.73. The van der Waals surface area contributed by atoms with Crippen LogP contribution in [0.4, 0.5) is 10.5 Å². The summed E-state index contributed by atoms with van der Waals surface area (Å²) in [6, 6.07) is 4.63. The van der Waals surface area contributed by atoms with Gasteiger partial charge in [0.2, 0.25) is 5.91 Å². The molecular formula is C14H17BrN2O4. The number of carboxylic acid groups (broad SMARTS) is 1. The summed E-state index contributed by atoms with van der Waals surface area (Å²) in [6.07, 6.45) is -0.125. The van der Waals surface area contributed by atoms with Crippen molar-refractivity contribution in [3.63, 3.8) is 0 Å². The summed E-state index contributed by atoms with van der Waals surface area (Å²) >= 11 is 3.35. The zero-order valence-electron chi connectivity index (χ0n) is 11.8. The quantitative estimate of drug-likeness (QED) is 0.755. The lowest BCUT2D eigenvalue weighted by Gasteiger charge is -2.10. The fourth-order valence-electron chi connectivity index (χ4n) is 1.75. The Hall–Kier alpha value is -1.89. The summed E-state index contributed by atoms with van der Waals surface area (Å²) in [4.78, 5) is 33.7. The summed E-state index contributed by atoms with van der Waals surface area (Å²) in [5.74, 6) is -1.80. The van der Waals surface area contributed by atoms with E-state index in [1.807, 2.05) is 6.92 Å². The van der Waals surface area contributed by atoms with Crippen LogP contribution in [0.3, 0.4) is 0 Å². The monoisotopic (exact) mass is 356 g/mol. The lowest BCUT2D eigenvalue weighted by molar-refractivity contribution is -0.138. The molecule has 7 heteroatoms. The van der Waals surface area contributed by atoms with Crippen molar-refractivity contribution in [2.75, 3.05) is 5.32 Å². The molecule has 0 spiro atoms. The fraction of sp³-hybridized carbons (Fsp3) is 0.357. The summed E-state index contributed by atoms with van der Waals surface area (Å²) in [5.41, 5.74) is 1.52. The molecule has 0 radical (unpaired) electrons. The van der Waals surface area contributed by atoms with Gasteiger partial charge >= 0.3 is 12.0 Å². The van der Waals surface area contributed by atoms with Gasteiger partial charge in [0.05, 0.1) is 0 Å². The zero-order chi connectivity index (χ0) is 16.0. The van der Waals surface area contributed by atoms with E-state index in [2.05, 4.69) is 26.6 Å². The van der Waals surface area contributed by atoms with Crippen molar-refractivity contribution in [3.05, 3.63) is 28.2 Å². The van der Waals surface area contributed by atoms with Crippen LogP contribution in [0.5, 0.6) is 0 Å². The molecule has 3 amide bonds. The van der Waals surface area contributed by atoms with Gasteiger partial charge in [-0.1, -0.05) is 22.9 Å². The van der Waals surface area contributed by atoms with Gasteiger partial charge in [0.15, 0.2) is 0 Å². The van der Waals surface area contributed by atoms with Gasteiger partial charge in [-0.15, -0.1) is 0 Å². The average Bonchev–Trinajstić information content (AvgIpc) is 2.32. The number of carbonyl (C=O) groups excluding carboxylic acids is 2. The minimum Gasteiger partial charge on any atom is -0.481 e. The van der Waals surface area contributed by atoms with E-state index in [1.165, 1.54) is 0 Å². The van der Waals surface area contributed by atoms with E-state index >= 15 is 0 Å². The van der Waals surface area contributed by atoms with Crippen LogP contribution < -0.4 is 10.6 Å². The Labute approximate surface area is 131 Å². The van der Waals surface area contributed by atoms with Gasteiger partial charge in [-0.2, -0.15) is 0 Å². The number of benzene rings is 1. The minimum absolute atomic E-state index is 0.0148. The molecule has 0 aliphatic rings. The molecule has 0 fully saturated rings. The summed E-state index contributed by atoms with van der Waals surface area (Å²) in [5, 5.41) is 13.3. The standard InChI is InChI=1S/C14H17BrN2O4/c1-8(6-13(19)20)5-12(18)17-14(21)16-10-3-4-11(15)9(2)7-10/h3-4,7-8H,5-6H2,1-2H3,(H,19,20)(H2,16,17,18,21). The Morgan fingerprint density at radius 1 is 1.29 bits per heavy atom. The first-order chi connectivity index (χ1) is 9.77. The Morgan fingerprint density at radius 3 is 2.52 bits per heavy atom. The number of carbonyl (C=O) groups is 3. The van der Waals surface area contributed by atoms with Crippen LogP contribution in [0.2, 0.25) is 0 Å². The second-order valence-electron chi connectivity index (χ2n) is 4.87. The first-order valence-electron chi connectivity index (χ1n) is 6.36.